The van der Waals surface area contributed by atoms with Gasteiger partial charge in [-0.2, -0.15) is 0 Å². The van der Waals surface area contributed by atoms with Crippen molar-refractivity contribution >= 4 is 34.6 Å². The maximum absolute atomic E-state index is 12.9. The zero-order valence-corrected chi connectivity index (χ0v) is 16.2. The van der Waals surface area contributed by atoms with Crippen molar-refractivity contribution in [2.24, 2.45) is 4.99 Å². The monoisotopic (exact) mass is 383 g/mol. The Labute approximate surface area is 162 Å². The van der Waals surface area contributed by atoms with Crippen LogP contribution >= 0.6 is 11.8 Å². The highest BCUT2D eigenvalue weighted by Gasteiger charge is 2.35. The molecular weight excluding hydrogens is 362 g/mol. The van der Waals surface area contributed by atoms with Gasteiger partial charge in [0, 0.05) is 14.1 Å². The van der Waals surface area contributed by atoms with Crippen molar-refractivity contribution in [3.05, 3.63) is 59.0 Å². The van der Waals surface area contributed by atoms with Crippen molar-refractivity contribution < 1.29 is 14.6 Å². The first-order chi connectivity index (χ1) is 13.0. The van der Waals surface area contributed by atoms with Crippen LogP contribution in [0, 0.1) is 0 Å². The van der Waals surface area contributed by atoms with Crippen LogP contribution in [0.15, 0.2) is 58.4 Å². The summed E-state index contributed by atoms with van der Waals surface area (Å²) in [4.78, 5) is 18.0. The Bertz CT molecular complexity index is 895. The number of phenolic OH excluding ortho intramolecular Hbond substituents is 1. The molecule has 1 heterocycles. The Hall–Kier alpha value is -2.77. The summed E-state index contributed by atoms with van der Waals surface area (Å²) in [6, 6.07) is 14.5. The van der Waals surface area contributed by atoms with E-state index in [9.17, 15) is 9.90 Å². The standard InChI is InChI=1S/C20H21N3O3S/c1-4-26-17-12-14(10-11-16(17)24)13-18-19(25)23(22(2)3)20(27-18)21-15-8-6-5-7-9-15/h5-13,24H,4H2,1-3H3/b18-13-,21-20?. The highest BCUT2D eigenvalue weighted by atomic mass is 32.2. The molecule has 1 fully saturated rings. The molecule has 2 aromatic carbocycles. The molecule has 140 valence electrons. The highest BCUT2D eigenvalue weighted by Crippen LogP contribution is 2.35. The topological polar surface area (TPSA) is 65.4 Å². The van der Waals surface area contributed by atoms with Gasteiger partial charge in [-0.15, -0.1) is 0 Å². The van der Waals surface area contributed by atoms with E-state index >= 15 is 0 Å². The Balaban J connectivity index is 1.95. The van der Waals surface area contributed by atoms with Gasteiger partial charge in [0.15, 0.2) is 16.7 Å². The Morgan fingerprint density at radius 3 is 2.63 bits per heavy atom. The molecule has 1 aliphatic heterocycles. The number of amidine groups is 1. The van der Waals surface area contributed by atoms with E-state index in [0.717, 1.165) is 11.3 Å². The number of ether oxygens (including phenoxy) is 1. The second-order valence-electron chi connectivity index (χ2n) is 5.96. The molecule has 7 heteroatoms. The van der Waals surface area contributed by atoms with Gasteiger partial charge in [-0.05, 0) is 54.6 Å². The number of para-hydroxylation sites is 1. The van der Waals surface area contributed by atoms with E-state index in [-0.39, 0.29) is 11.7 Å². The molecule has 1 N–H and O–H groups in total. The first-order valence-corrected chi connectivity index (χ1v) is 9.32. The Morgan fingerprint density at radius 2 is 1.96 bits per heavy atom. The van der Waals surface area contributed by atoms with Crippen LogP contribution < -0.4 is 4.74 Å². The van der Waals surface area contributed by atoms with Gasteiger partial charge in [0.25, 0.3) is 5.91 Å². The fourth-order valence-corrected chi connectivity index (χ4v) is 3.60. The molecule has 1 aliphatic rings. The number of carbonyl (C=O) groups excluding carboxylic acids is 1. The van der Waals surface area contributed by atoms with Gasteiger partial charge >= 0.3 is 0 Å². The smallest absolute Gasteiger partial charge is 0.281 e. The number of carbonyl (C=O) groups is 1. The molecule has 3 rings (SSSR count). The molecule has 2 aromatic rings. The molecular formula is C20H21N3O3S. The summed E-state index contributed by atoms with van der Waals surface area (Å²) in [6.45, 7) is 2.30. The van der Waals surface area contributed by atoms with Crippen LogP contribution in [0.1, 0.15) is 12.5 Å². The second-order valence-corrected chi connectivity index (χ2v) is 6.97. The highest BCUT2D eigenvalue weighted by molar-refractivity contribution is 8.18. The van der Waals surface area contributed by atoms with Crippen molar-refractivity contribution in [1.29, 1.82) is 0 Å². The van der Waals surface area contributed by atoms with Crippen LogP contribution in [0.4, 0.5) is 5.69 Å². The van der Waals surface area contributed by atoms with E-state index in [1.165, 1.54) is 16.8 Å². The number of aliphatic imine (C=N–C) groups is 1. The number of hydrazine groups is 1. The average molecular weight is 383 g/mol. The SMILES string of the molecule is CCOc1cc(/C=C2\SC(=Nc3ccccc3)N(N(C)C)C2=O)ccc1O. The second kappa shape index (κ2) is 8.28. The van der Waals surface area contributed by atoms with Gasteiger partial charge in [-0.25, -0.2) is 15.0 Å². The van der Waals surface area contributed by atoms with E-state index < -0.39 is 0 Å². The number of aromatic hydroxyl groups is 1. The first kappa shape index (κ1) is 19.0. The van der Waals surface area contributed by atoms with E-state index in [1.54, 1.807) is 43.4 Å². The van der Waals surface area contributed by atoms with E-state index in [2.05, 4.69) is 4.99 Å². The van der Waals surface area contributed by atoms with Gasteiger partial charge in [-0.3, -0.25) is 4.79 Å². The number of hydrogen-bond acceptors (Lipinski definition) is 6. The Kier molecular flexibility index (Phi) is 5.83. The number of rotatable bonds is 5. The normalized spacial score (nSPS) is 17.3. The molecule has 1 saturated heterocycles. The lowest BCUT2D eigenvalue weighted by molar-refractivity contribution is -0.130. The molecule has 0 unspecified atom stereocenters. The fraction of sp³-hybridized carbons (Fsp3) is 0.200. The third-order valence-corrected chi connectivity index (χ3v) is 4.71. The van der Waals surface area contributed by atoms with Crippen LogP contribution in [0.2, 0.25) is 0 Å². The molecule has 0 saturated carbocycles. The maximum atomic E-state index is 12.9. The van der Waals surface area contributed by atoms with Gasteiger partial charge in [0.1, 0.15) is 0 Å². The maximum Gasteiger partial charge on any atom is 0.281 e. The summed E-state index contributed by atoms with van der Waals surface area (Å²) in [5.41, 5.74) is 1.55. The lowest BCUT2D eigenvalue weighted by Gasteiger charge is -2.22. The molecule has 0 atom stereocenters. The van der Waals surface area contributed by atoms with E-state index in [4.69, 9.17) is 4.74 Å². The minimum Gasteiger partial charge on any atom is -0.504 e. The summed E-state index contributed by atoms with van der Waals surface area (Å²) >= 11 is 1.31. The predicted octanol–water partition coefficient (Wildman–Crippen LogP) is 3.87. The summed E-state index contributed by atoms with van der Waals surface area (Å²) in [7, 11) is 3.60. The molecule has 0 aromatic heterocycles. The molecule has 6 nitrogen and oxygen atoms in total. The molecule has 1 amide bonds. The number of hydrogen-bond donors (Lipinski definition) is 1. The molecule has 0 bridgehead atoms. The number of amides is 1. The third kappa shape index (κ3) is 4.32. The van der Waals surface area contributed by atoms with Crippen molar-refractivity contribution in [3.63, 3.8) is 0 Å². The predicted molar refractivity (Wildman–Crippen MR) is 109 cm³/mol. The fourth-order valence-electron chi connectivity index (χ4n) is 2.55. The van der Waals surface area contributed by atoms with Crippen LogP contribution in [0.5, 0.6) is 11.5 Å². The van der Waals surface area contributed by atoms with Gasteiger partial charge in [-0.1, -0.05) is 24.3 Å². The van der Waals surface area contributed by atoms with E-state index in [0.29, 0.717) is 22.4 Å². The van der Waals surface area contributed by atoms with Crippen LogP contribution in [-0.2, 0) is 4.79 Å². The minimum atomic E-state index is -0.147. The largest absolute Gasteiger partial charge is 0.504 e. The van der Waals surface area contributed by atoms with Crippen molar-refractivity contribution in [2.45, 2.75) is 6.92 Å². The number of phenols is 1. The third-order valence-electron chi connectivity index (χ3n) is 3.75. The van der Waals surface area contributed by atoms with Crippen LogP contribution in [0.25, 0.3) is 6.08 Å². The zero-order valence-electron chi connectivity index (χ0n) is 15.4. The Morgan fingerprint density at radius 1 is 1.22 bits per heavy atom. The van der Waals surface area contributed by atoms with Gasteiger partial charge < -0.3 is 9.84 Å². The summed E-state index contributed by atoms with van der Waals surface area (Å²) in [5.74, 6) is 0.321. The van der Waals surface area contributed by atoms with Crippen molar-refractivity contribution in [2.75, 3.05) is 20.7 Å². The minimum absolute atomic E-state index is 0.0747. The zero-order chi connectivity index (χ0) is 19.4. The van der Waals surface area contributed by atoms with Crippen LogP contribution in [0.3, 0.4) is 0 Å². The molecule has 0 spiro atoms. The number of benzene rings is 2. The molecule has 0 aliphatic carbocycles. The van der Waals surface area contributed by atoms with Gasteiger partial charge in [0.05, 0.1) is 17.2 Å². The summed E-state index contributed by atoms with van der Waals surface area (Å²) < 4.78 is 5.41. The lowest BCUT2D eigenvalue weighted by Crippen LogP contribution is -2.40. The first-order valence-electron chi connectivity index (χ1n) is 8.50. The molecule has 0 radical (unpaired) electrons. The summed E-state index contributed by atoms with van der Waals surface area (Å²) in [5, 5.41) is 13.7. The number of thioether (sulfide) groups is 1. The van der Waals surface area contributed by atoms with Crippen LogP contribution in [-0.4, -0.2) is 46.9 Å². The van der Waals surface area contributed by atoms with E-state index in [1.807, 2.05) is 37.3 Å². The summed E-state index contributed by atoms with van der Waals surface area (Å²) in [6.07, 6.45) is 1.78. The van der Waals surface area contributed by atoms with Gasteiger partial charge in [0.2, 0.25) is 0 Å². The van der Waals surface area contributed by atoms with Crippen molar-refractivity contribution in [1.82, 2.24) is 10.0 Å². The quantitative estimate of drug-likeness (QED) is 0.794. The van der Waals surface area contributed by atoms with Crippen molar-refractivity contribution in [3.8, 4) is 11.5 Å². The number of nitrogens with zero attached hydrogens (tertiary/aromatic N) is 3. The lowest BCUT2D eigenvalue weighted by atomic mass is 10.2. The molecule has 27 heavy (non-hydrogen) atoms. The average Bonchev–Trinajstić information content (AvgIpc) is 2.94.